The summed E-state index contributed by atoms with van der Waals surface area (Å²) in [5.41, 5.74) is 5.61. The van der Waals surface area contributed by atoms with Crippen molar-refractivity contribution in [2.45, 2.75) is 52.1 Å². The van der Waals surface area contributed by atoms with Crippen molar-refractivity contribution in [3.63, 3.8) is 0 Å². The molecular formula is C12H24N2O. The van der Waals surface area contributed by atoms with Gasteiger partial charge in [0.15, 0.2) is 0 Å². The lowest BCUT2D eigenvalue weighted by Crippen LogP contribution is -2.47. The van der Waals surface area contributed by atoms with Crippen LogP contribution < -0.4 is 5.73 Å². The largest absolute Gasteiger partial charge is 0.334 e. The van der Waals surface area contributed by atoms with Gasteiger partial charge in [-0.1, -0.05) is 13.0 Å². The Balaban J connectivity index is 4.49. The van der Waals surface area contributed by atoms with Crippen LogP contribution in [0.25, 0.3) is 0 Å². The van der Waals surface area contributed by atoms with Gasteiger partial charge in [-0.05, 0) is 27.2 Å². The third-order valence-corrected chi connectivity index (χ3v) is 2.38. The minimum absolute atomic E-state index is 0.0350. The first-order valence-electron chi connectivity index (χ1n) is 5.49. The van der Waals surface area contributed by atoms with E-state index < -0.39 is 0 Å². The van der Waals surface area contributed by atoms with Crippen LogP contribution in [0.2, 0.25) is 0 Å². The molecular weight excluding hydrogens is 188 g/mol. The highest BCUT2D eigenvalue weighted by Gasteiger charge is 2.25. The number of amides is 1. The van der Waals surface area contributed by atoms with E-state index in [1.165, 1.54) is 0 Å². The SMILES string of the molecule is C=CCN(C(=O)CC(N)CC)C(C)(C)C. The van der Waals surface area contributed by atoms with Gasteiger partial charge in [0.1, 0.15) is 0 Å². The topological polar surface area (TPSA) is 46.3 Å². The lowest BCUT2D eigenvalue weighted by atomic mass is 10.0. The molecule has 1 amide bonds. The van der Waals surface area contributed by atoms with Crippen LogP contribution in [0.1, 0.15) is 40.5 Å². The molecule has 0 heterocycles. The van der Waals surface area contributed by atoms with E-state index in [1.807, 2.05) is 32.6 Å². The maximum Gasteiger partial charge on any atom is 0.224 e. The minimum atomic E-state index is -0.168. The van der Waals surface area contributed by atoms with Gasteiger partial charge in [-0.3, -0.25) is 4.79 Å². The van der Waals surface area contributed by atoms with Gasteiger partial charge in [0.2, 0.25) is 5.91 Å². The van der Waals surface area contributed by atoms with E-state index in [-0.39, 0.29) is 17.5 Å². The highest BCUT2D eigenvalue weighted by Crippen LogP contribution is 2.15. The lowest BCUT2D eigenvalue weighted by Gasteiger charge is -2.35. The number of hydrogen-bond acceptors (Lipinski definition) is 2. The zero-order valence-electron chi connectivity index (χ0n) is 10.4. The molecule has 0 aromatic heterocycles. The fourth-order valence-corrected chi connectivity index (χ4v) is 1.36. The fourth-order valence-electron chi connectivity index (χ4n) is 1.36. The predicted molar refractivity (Wildman–Crippen MR) is 64.5 cm³/mol. The summed E-state index contributed by atoms with van der Waals surface area (Å²) < 4.78 is 0. The van der Waals surface area contributed by atoms with Crippen molar-refractivity contribution in [2.75, 3.05) is 6.54 Å². The van der Waals surface area contributed by atoms with Gasteiger partial charge >= 0.3 is 0 Å². The lowest BCUT2D eigenvalue weighted by molar-refractivity contribution is -0.135. The molecule has 0 radical (unpaired) electrons. The van der Waals surface area contributed by atoms with Gasteiger partial charge in [-0.15, -0.1) is 6.58 Å². The van der Waals surface area contributed by atoms with Gasteiger partial charge in [0.05, 0.1) is 0 Å². The van der Waals surface area contributed by atoms with Crippen molar-refractivity contribution in [3.05, 3.63) is 12.7 Å². The second kappa shape index (κ2) is 5.91. The molecule has 0 bridgehead atoms. The average molecular weight is 212 g/mol. The summed E-state index contributed by atoms with van der Waals surface area (Å²) in [5, 5.41) is 0. The Kier molecular flexibility index (Phi) is 5.58. The first-order chi connectivity index (χ1) is 6.82. The maximum atomic E-state index is 11.9. The second-order valence-corrected chi connectivity index (χ2v) is 4.84. The van der Waals surface area contributed by atoms with E-state index in [2.05, 4.69) is 6.58 Å². The highest BCUT2D eigenvalue weighted by molar-refractivity contribution is 5.77. The van der Waals surface area contributed by atoms with Gasteiger partial charge in [0, 0.05) is 24.5 Å². The molecule has 0 aromatic carbocycles. The summed E-state index contributed by atoms with van der Waals surface area (Å²) in [7, 11) is 0. The normalized spacial score (nSPS) is 13.4. The average Bonchev–Trinajstić information content (AvgIpc) is 2.11. The highest BCUT2D eigenvalue weighted by atomic mass is 16.2. The molecule has 0 aliphatic heterocycles. The van der Waals surface area contributed by atoms with Crippen LogP contribution in [0.15, 0.2) is 12.7 Å². The number of nitrogens with two attached hydrogens (primary N) is 1. The Morgan fingerprint density at radius 2 is 2.07 bits per heavy atom. The van der Waals surface area contributed by atoms with Crippen molar-refractivity contribution < 1.29 is 4.79 Å². The van der Waals surface area contributed by atoms with E-state index >= 15 is 0 Å². The van der Waals surface area contributed by atoms with Crippen molar-refractivity contribution in [1.82, 2.24) is 4.90 Å². The van der Waals surface area contributed by atoms with Gasteiger partial charge in [0.25, 0.3) is 0 Å². The van der Waals surface area contributed by atoms with Gasteiger partial charge in [-0.2, -0.15) is 0 Å². The molecule has 1 unspecified atom stereocenters. The van der Waals surface area contributed by atoms with Crippen molar-refractivity contribution in [3.8, 4) is 0 Å². The summed E-state index contributed by atoms with van der Waals surface area (Å²) >= 11 is 0. The molecule has 1 atom stereocenters. The molecule has 15 heavy (non-hydrogen) atoms. The monoisotopic (exact) mass is 212 g/mol. The number of rotatable bonds is 5. The molecule has 2 N–H and O–H groups in total. The van der Waals surface area contributed by atoms with Crippen molar-refractivity contribution in [1.29, 1.82) is 0 Å². The van der Waals surface area contributed by atoms with Crippen molar-refractivity contribution >= 4 is 5.91 Å². The summed E-state index contributed by atoms with van der Waals surface area (Å²) in [6.07, 6.45) is 3.00. The zero-order chi connectivity index (χ0) is 12.1. The third-order valence-electron chi connectivity index (χ3n) is 2.38. The first kappa shape index (κ1) is 14.2. The van der Waals surface area contributed by atoms with Crippen molar-refractivity contribution in [2.24, 2.45) is 5.73 Å². The van der Waals surface area contributed by atoms with E-state index in [4.69, 9.17) is 5.73 Å². The van der Waals surface area contributed by atoms with E-state index in [9.17, 15) is 4.79 Å². The number of nitrogens with zero attached hydrogens (tertiary/aromatic N) is 1. The molecule has 0 aromatic rings. The number of hydrogen-bond donors (Lipinski definition) is 1. The van der Waals surface area contributed by atoms with Crippen LogP contribution in [-0.2, 0) is 4.79 Å². The third kappa shape index (κ3) is 4.98. The zero-order valence-corrected chi connectivity index (χ0v) is 10.4. The molecule has 0 spiro atoms. The van der Waals surface area contributed by atoms with E-state index in [0.29, 0.717) is 13.0 Å². The molecule has 0 saturated carbocycles. The van der Waals surface area contributed by atoms with E-state index in [1.54, 1.807) is 6.08 Å². The Morgan fingerprint density at radius 1 is 1.53 bits per heavy atom. The van der Waals surface area contributed by atoms with Gasteiger partial charge < -0.3 is 10.6 Å². The predicted octanol–water partition coefficient (Wildman–Crippen LogP) is 1.93. The Labute approximate surface area is 93.3 Å². The standard InChI is InChI=1S/C12H24N2O/c1-6-8-14(12(3,4)5)11(15)9-10(13)7-2/h6,10H,1,7-9,13H2,2-5H3. The summed E-state index contributed by atoms with van der Waals surface area (Å²) in [6, 6.07) is -0.0350. The quantitative estimate of drug-likeness (QED) is 0.708. The molecule has 0 saturated heterocycles. The Morgan fingerprint density at radius 3 is 2.40 bits per heavy atom. The van der Waals surface area contributed by atoms with Gasteiger partial charge in [-0.25, -0.2) is 0 Å². The molecule has 0 aliphatic carbocycles. The molecule has 3 nitrogen and oxygen atoms in total. The Bertz CT molecular complexity index is 218. The minimum Gasteiger partial charge on any atom is -0.334 e. The summed E-state index contributed by atoms with van der Waals surface area (Å²) in [5.74, 6) is 0.108. The van der Waals surface area contributed by atoms with Crippen LogP contribution in [-0.4, -0.2) is 28.9 Å². The second-order valence-electron chi connectivity index (χ2n) is 4.84. The Hall–Kier alpha value is -0.830. The summed E-state index contributed by atoms with van der Waals surface area (Å²) in [6.45, 7) is 12.3. The molecule has 0 aliphatic rings. The maximum absolute atomic E-state index is 11.9. The van der Waals surface area contributed by atoms with Crippen LogP contribution in [0.4, 0.5) is 0 Å². The molecule has 0 rings (SSSR count). The van der Waals surface area contributed by atoms with Crippen LogP contribution >= 0.6 is 0 Å². The number of carbonyl (C=O) groups is 1. The molecule has 3 heteroatoms. The molecule has 88 valence electrons. The fraction of sp³-hybridized carbons (Fsp3) is 0.750. The van der Waals surface area contributed by atoms with Crippen LogP contribution in [0.3, 0.4) is 0 Å². The molecule has 0 fully saturated rings. The summed E-state index contributed by atoms with van der Waals surface area (Å²) in [4.78, 5) is 13.8. The van der Waals surface area contributed by atoms with E-state index in [0.717, 1.165) is 6.42 Å². The smallest absolute Gasteiger partial charge is 0.224 e. The van der Waals surface area contributed by atoms with Crippen LogP contribution in [0, 0.1) is 0 Å². The first-order valence-corrected chi connectivity index (χ1v) is 5.49. The number of carbonyl (C=O) groups excluding carboxylic acids is 1. The van der Waals surface area contributed by atoms with Crippen LogP contribution in [0.5, 0.6) is 0 Å².